The molecule has 3 aromatic rings. The van der Waals surface area contributed by atoms with Crippen LogP contribution in [0.2, 0.25) is 0 Å². The van der Waals surface area contributed by atoms with Crippen LogP contribution < -0.4 is 22.5 Å². The van der Waals surface area contributed by atoms with Crippen LogP contribution in [0.3, 0.4) is 0 Å². The molecule has 0 bridgehead atoms. The highest BCUT2D eigenvalue weighted by atomic mass is 35.5. The van der Waals surface area contributed by atoms with Gasteiger partial charge in [-0.25, -0.2) is 4.79 Å². The van der Waals surface area contributed by atoms with E-state index in [-0.39, 0.29) is 23.8 Å². The van der Waals surface area contributed by atoms with Crippen LogP contribution in [0.4, 0.5) is 10.6 Å². The number of rotatable bonds is 5. The molecule has 136 valence electrons. The number of aromatic nitrogens is 1. The van der Waals surface area contributed by atoms with Gasteiger partial charge in [0, 0.05) is 10.9 Å². The number of fused-ring (bicyclic) bond motifs is 1. The van der Waals surface area contributed by atoms with Crippen molar-refractivity contribution in [1.29, 1.82) is 0 Å². The number of carbonyl (C=O) groups excluding carboxylic acids is 2. The van der Waals surface area contributed by atoms with Crippen molar-refractivity contribution in [3.8, 4) is 11.1 Å². The molecule has 3 rings (SSSR count). The summed E-state index contributed by atoms with van der Waals surface area (Å²) in [5.41, 5.74) is 20.2. The quantitative estimate of drug-likeness (QED) is 0.468. The second-order valence-electron chi connectivity index (χ2n) is 5.72. The lowest BCUT2D eigenvalue weighted by Gasteiger charge is -2.04. The number of nitrogens with one attached hydrogen (secondary N) is 2. The second kappa shape index (κ2) is 7.90. The van der Waals surface area contributed by atoms with Crippen LogP contribution in [-0.4, -0.2) is 23.5 Å². The molecule has 8 heteroatoms. The predicted octanol–water partition coefficient (Wildman–Crippen LogP) is 2.35. The van der Waals surface area contributed by atoms with Crippen molar-refractivity contribution < 1.29 is 9.59 Å². The maximum atomic E-state index is 11.7. The molecule has 0 aliphatic carbocycles. The largest absolute Gasteiger partial charge is 0.365 e. The molecule has 3 amide bonds. The minimum Gasteiger partial charge on any atom is -0.365 e. The van der Waals surface area contributed by atoms with Gasteiger partial charge < -0.3 is 22.2 Å². The van der Waals surface area contributed by atoms with Gasteiger partial charge in [0.25, 0.3) is 5.91 Å². The lowest BCUT2D eigenvalue weighted by molar-refractivity contribution is 0.100. The van der Waals surface area contributed by atoms with Crippen LogP contribution in [0, 0.1) is 0 Å². The van der Waals surface area contributed by atoms with E-state index in [1.165, 1.54) is 5.56 Å². The van der Waals surface area contributed by atoms with E-state index in [2.05, 4.69) is 10.3 Å². The summed E-state index contributed by atoms with van der Waals surface area (Å²) in [6.45, 7) is 0.610. The average molecular weight is 374 g/mol. The van der Waals surface area contributed by atoms with Crippen molar-refractivity contribution in [3.63, 3.8) is 0 Å². The summed E-state index contributed by atoms with van der Waals surface area (Å²) in [5, 5.41) is 3.02. The summed E-state index contributed by atoms with van der Waals surface area (Å²) in [6.07, 6.45) is 0.833. The highest BCUT2D eigenvalue weighted by Crippen LogP contribution is 2.30. The molecule has 2 aromatic carbocycles. The van der Waals surface area contributed by atoms with Crippen molar-refractivity contribution >= 4 is 41.1 Å². The fourth-order valence-corrected chi connectivity index (χ4v) is 2.88. The van der Waals surface area contributed by atoms with Gasteiger partial charge in [-0.2, -0.15) is 0 Å². The molecule has 7 nitrogen and oxygen atoms in total. The van der Waals surface area contributed by atoms with E-state index in [1.807, 2.05) is 36.4 Å². The number of urea groups is 1. The van der Waals surface area contributed by atoms with E-state index < -0.39 is 11.9 Å². The Morgan fingerprint density at radius 3 is 2.23 bits per heavy atom. The molecule has 1 heterocycles. The van der Waals surface area contributed by atoms with Gasteiger partial charge in [0.15, 0.2) is 0 Å². The third-order valence-corrected chi connectivity index (χ3v) is 4.01. The van der Waals surface area contributed by atoms with E-state index in [0.29, 0.717) is 17.4 Å². The monoisotopic (exact) mass is 373 g/mol. The number of anilines is 1. The lowest BCUT2D eigenvalue weighted by Crippen LogP contribution is -2.22. The molecule has 0 saturated heterocycles. The molecule has 0 aliphatic rings. The number of primary amides is 2. The molecular formula is C18H20ClN5O2. The van der Waals surface area contributed by atoms with Gasteiger partial charge in [0.2, 0.25) is 0 Å². The zero-order valence-electron chi connectivity index (χ0n) is 13.9. The minimum atomic E-state index is -0.773. The first-order chi connectivity index (χ1) is 12.0. The van der Waals surface area contributed by atoms with E-state index in [0.717, 1.165) is 17.5 Å². The molecular weight excluding hydrogens is 354 g/mol. The Labute approximate surface area is 156 Å². The Morgan fingerprint density at radius 2 is 1.65 bits per heavy atom. The Hall–Kier alpha value is -3.03. The number of nitrogens with two attached hydrogens (primary N) is 3. The number of amides is 3. The van der Waals surface area contributed by atoms with Crippen molar-refractivity contribution in [2.24, 2.45) is 17.2 Å². The smallest absolute Gasteiger partial charge is 0.317 e. The summed E-state index contributed by atoms with van der Waals surface area (Å²) in [6, 6.07) is 12.9. The third kappa shape index (κ3) is 3.79. The van der Waals surface area contributed by atoms with Gasteiger partial charge in [0.1, 0.15) is 5.82 Å². The number of hydrogen-bond acceptors (Lipinski definition) is 3. The number of hydrogen-bond donors (Lipinski definition) is 5. The molecule has 8 N–H and O–H groups in total. The molecule has 0 spiro atoms. The van der Waals surface area contributed by atoms with Crippen LogP contribution in [0.15, 0.2) is 42.5 Å². The van der Waals surface area contributed by atoms with Crippen molar-refractivity contribution in [1.82, 2.24) is 4.98 Å². The molecule has 1 aromatic heterocycles. The average Bonchev–Trinajstić information content (AvgIpc) is 2.92. The van der Waals surface area contributed by atoms with Crippen molar-refractivity contribution in [2.45, 2.75) is 6.42 Å². The summed E-state index contributed by atoms with van der Waals surface area (Å²) in [7, 11) is 0. The van der Waals surface area contributed by atoms with Crippen molar-refractivity contribution in [3.05, 3.63) is 53.6 Å². The number of aromatic amines is 1. The van der Waals surface area contributed by atoms with E-state index in [9.17, 15) is 9.59 Å². The number of H-pyrrole nitrogens is 1. The predicted molar refractivity (Wildman–Crippen MR) is 105 cm³/mol. The lowest BCUT2D eigenvalue weighted by atomic mass is 10.0. The maximum Gasteiger partial charge on any atom is 0.317 e. The molecule has 0 aliphatic heterocycles. The maximum absolute atomic E-state index is 11.7. The fraction of sp³-hybridized carbons (Fsp3) is 0.111. The van der Waals surface area contributed by atoms with Crippen LogP contribution in [-0.2, 0) is 6.42 Å². The highest BCUT2D eigenvalue weighted by molar-refractivity contribution is 6.13. The molecule has 0 saturated carbocycles. The Balaban J connectivity index is 0.00000243. The van der Waals surface area contributed by atoms with Crippen molar-refractivity contribution in [2.75, 3.05) is 11.9 Å². The van der Waals surface area contributed by atoms with Crippen LogP contribution in [0.1, 0.15) is 15.9 Å². The number of carbonyl (C=O) groups is 2. The summed E-state index contributed by atoms with van der Waals surface area (Å²) < 4.78 is 0. The molecule has 26 heavy (non-hydrogen) atoms. The first-order valence-corrected chi connectivity index (χ1v) is 7.81. The normalized spacial score (nSPS) is 10.3. The van der Waals surface area contributed by atoms with Crippen LogP contribution in [0.25, 0.3) is 22.0 Å². The van der Waals surface area contributed by atoms with Gasteiger partial charge in [-0.1, -0.05) is 36.4 Å². The van der Waals surface area contributed by atoms with Gasteiger partial charge in [-0.3, -0.25) is 10.1 Å². The SMILES string of the molecule is Cl.NCCc1ccc(-c2ccc3c(C(N)=O)c(NC(N)=O)[nH]c3c2)cc1. The zero-order valence-corrected chi connectivity index (χ0v) is 14.7. The van der Waals surface area contributed by atoms with E-state index in [1.54, 1.807) is 6.07 Å². The second-order valence-corrected chi connectivity index (χ2v) is 5.72. The zero-order chi connectivity index (χ0) is 18.0. The van der Waals surface area contributed by atoms with Crippen LogP contribution in [0.5, 0.6) is 0 Å². The van der Waals surface area contributed by atoms with E-state index >= 15 is 0 Å². The van der Waals surface area contributed by atoms with Crippen LogP contribution >= 0.6 is 12.4 Å². The van der Waals surface area contributed by atoms with Gasteiger partial charge in [-0.15, -0.1) is 12.4 Å². The summed E-state index contributed by atoms with van der Waals surface area (Å²) in [4.78, 5) is 25.8. The van der Waals surface area contributed by atoms with Gasteiger partial charge in [0.05, 0.1) is 5.56 Å². The Morgan fingerprint density at radius 1 is 1.00 bits per heavy atom. The molecule has 0 atom stereocenters. The third-order valence-electron chi connectivity index (χ3n) is 4.01. The molecule has 0 fully saturated rings. The standard InChI is InChI=1S/C18H19N5O2.ClH/c19-8-7-10-1-3-11(4-2-10)12-5-6-13-14(9-12)22-17(23-18(21)25)15(13)16(20)24;/h1-6,9,22H,7-8,19H2,(H2,20,24)(H3,21,23,25);1H. The van der Waals surface area contributed by atoms with Gasteiger partial charge in [-0.05, 0) is 35.7 Å². The highest BCUT2D eigenvalue weighted by Gasteiger charge is 2.17. The topological polar surface area (TPSA) is 140 Å². The summed E-state index contributed by atoms with van der Waals surface area (Å²) >= 11 is 0. The van der Waals surface area contributed by atoms with E-state index in [4.69, 9.17) is 17.2 Å². The van der Waals surface area contributed by atoms with Gasteiger partial charge >= 0.3 is 6.03 Å². The first kappa shape index (κ1) is 19.3. The Kier molecular flexibility index (Phi) is 5.86. The summed E-state index contributed by atoms with van der Waals surface area (Å²) in [5.74, 6) is -0.445. The number of benzene rings is 2. The number of halogens is 1. The minimum absolute atomic E-state index is 0. The first-order valence-electron chi connectivity index (χ1n) is 7.81. The molecule has 0 radical (unpaired) electrons. The fourth-order valence-electron chi connectivity index (χ4n) is 2.88. The Bertz CT molecular complexity index is 950. The molecule has 0 unspecified atom stereocenters.